The number of aryl methyl sites for hydroxylation is 1. The SMILES string of the molecule is CCCCc1ccc(CC(=O)Nc2ccc(S(C)(=O)=O)cc2)cc1. The maximum atomic E-state index is 12.1. The molecule has 2 aromatic carbocycles. The number of anilines is 1. The van der Waals surface area contributed by atoms with Crippen molar-refractivity contribution in [1.82, 2.24) is 0 Å². The molecule has 0 aliphatic heterocycles. The van der Waals surface area contributed by atoms with Gasteiger partial charge in [0.1, 0.15) is 0 Å². The molecular formula is C19H23NO3S. The van der Waals surface area contributed by atoms with Gasteiger partial charge in [-0.15, -0.1) is 0 Å². The van der Waals surface area contributed by atoms with E-state index >= 15 is 0 Å². The minimum Gasteiger partial charge on any atom is -0.326 e. The smallest absolute Gasteiger partial charge is 0.228 e. The highest BCUT2D eigenvalue weighted by Gasteiger charge is 2.08. The minimum absolute atomic E-state index is 0.122. The number of unbranched alkanes of at least 4 members (excludes halogenated alkanes) is 1. The topological polar surface area (TPSA) is 63.2 Å². The van der Waals surface area contributed by atoms with Crippen molar-refractivity contribution in [3.8, 4) is 0 Å². The summed E-state index contributed by atoms with van der Waals surface area (Å²) in [5, 5.41) is 2.78. The molecule has 0 aromatic heterocycles. The number of carbonyl (C=O) groups is 1. The van der Waals surface area contributed by atoms with Gasteiger partial charge < -0.3 is 5.32 Å². The Morgan fingerprint density at radius 2 is 1.54 bits per heavy atom. The zero-order chi connectivity index (χ0) is 17.6. The number of nitrogens with one attached hydrogen (secondary N) is 1. The van der Waals surface area contributed by atoms with Crippen LogP contribution in [0.4, 0.5) is 5.69 Å². The Bertz CT molecular complexity index is 778. The number of benzene rings is 2. The lowest BCUT2D eigenvalue weighted by Gasteiger charge is -2.07. The van der Waals surface area contributed by atoms with Crippen molar-refractivity contribution in [2.75, 3.05) is 11.6 Å². The lowest BCUT2D eigenvalue weighted by atomic mass is 10.0. The van der Waals surface area contributed by atoms with Crippen LogP contribution in [0.15, 0.2) is 53.4 Å². The van der Waals surface area contributed by atoms with E-state index in [1.165, 1.54) is 30.5 Å². The number of carbonyl (C=O) groups excluding carboxylic acids is 1. The summed E-state index contributed by atoms with van der Waals surface area (Å²) in [5.74, 6) is -0.122. The van der Waals surface area contributed by atoms with Crippen molar-refractivity contribution < 1.29 is 13.2 Å². The molecule has 1 N–H and O–H groups in total. The van der Waals surface area contributed by atoms with Crippen molar-refractivity contribution in [3.05, 3.63) is 59.7 Å². The second-order valence-electron chi connectivity index (χ2n) is 5.94. The van der Waals surface area contributed by atoms with E-state index in [4.69, 9.17) is 0 Å². The molecule has 5 heteroatoms. The van der Waals surface area contributed by atoms with Crippen LogP contribution in [0.5, 0.6) is 0 Å². The molecule has 0 saturated heterocycles. The van der Waals surface area contributed by atoms with Gasteiger partial charge in [0.15, 0.2) is 9.84 Å². The Kier molecular flexibility index (Phi) is 6.15. The van der Waals surface area contributed by atoms with Crippen LogP contribution in [-0.4, -0.2) is 20.6 Å². The summed E-state index contributed by atoms with van der Waals surface area (Å²) >= 11 is 0. The summed E-state index contributed by atoms with van der Waals surface area (Å²) in [4.78, 5) is 12.3. The Balaban J connectivity index is 1.93. The van der Waals surface area contributed by atoms with Crippen LogP contribution in [0.1, 0.15) is 30.9 Å². The molecule has 0 saturated carbocycles. The molecule has 0 spiro atoms. The van der Waals surface area contributed by atoms with Gasteiger partial charge in [-0.2, -0.15) is 0 Å². The highest BCUT2D eigenvalue weighted by atomic mass is 32.2. The van der Waals surface area contributed by atoms with Gasteiger partial charge in [0.25, 0.3) is 0 Å². The monoisotopic (exact) mass is 345 g/mol. The summed E-state index contributed by atoms with van der Waals surface area (Å²) in [6.45, 7) is 2.17. The van der Waals surface area contributed by atoms with Crippen LogP contribution in [0.3, 0.4) is 0 Å². The zero-order valence-corrected chi connectivity index (χ0v) is 14.9. The molecule has 0 bridgehead atoms. The second kappa shape index (κ2) is 8.11. The Hall–Kier alpha value is -2.14. The van der Waals surface area contributed by atoms with Crippen LogP contribution in [-0.2, 0) is 27.5 Å². The third-order valence-corrected chi connectivity index (χ3v) is 4.90. The van der Waals surface area contributed by atoms with Crippen LogP contribution >= 0.6 is 0 Å². The molecule has 1 amide bonds. The van der Waals surface area contributed by atoms with E-state index < -0.39 is 9.84 Å². The van der Waals surface area contributed by atoms with Gasteiger partial charge in [-0.25, -0.2) is 8.42 Å². The lowest BCUT2D eigenvalue weighted by Crippen LogP contribution is -2.14. The van der Waals surface area contributed by atoms with Crippen molar-refractivity contribution in [1.29, 1.82) is 0 Å². The van der Waals surface area contributed by atoms with E-state index in [9.17, 15) is 13.2 Å². The summed E-state index contributed by atoms with van der Waals surface area (Å²) < 4.78 is 22.8. The lowest BCUT2D eigenvalue weighted by molar-refractivity contribution is -0.115. The number of sulfone groups is 1. The van der Waals surface area contributed by atoms with Gasteiger partial charge in [0, 0.05) is 11.9 Å². The Morgan fingerprint density at radius 1 is 0.958 bits per heavy atom. The van der Waals surface area contributed by atoms with E-state index in [0.29, 0.717) is 12.1 Å². The Morgan fingerprint density at radius 3 is 2.08 bits per heavy atom. The third-order valence-electron chi connectivity index (χ3n) is 3.77. The predicted molar refractivity (Wildman–Crippen MR) is 96.9 cm³/mol. The first-order valence-electron chi connectivity index (χ1n) is 8.06. The molecule has 24 heavy (non-hydrogen) atoms. The van der Waals surface area contributed by atoms with E-state index in [2.05, 4.69) is 24.4 Å². The fourth-order valence-electron chi connectivity index (χ4n) is 2.38. The van der Waals surface area contributed by atoms with Crippen molar-refractivity contribution in [3.63, 3.8) is 0 Å². The van der Waals surface area contributed by atoms with Crippen LogP contribution < -0.4 is 5.32 Å². The number of amides is 1. The van der Waals surface area contributed by atoms with E-state index in [1.54, 1.807) is 12.1 Å². The van der Waals surface area contributed by atoms with Gasteiger partial charge in [-0.3, -0.25) is 4.79 Å². The minimum atomic E-state index is -3.22. The first-order chi connectivity index (χ1) is 11.4. The molecule has 0 atom stereocenters. The average molecular weight is 345 g/mol. The van der Waals surface area contributed by atoms with Gasteiger partial charge in [0.05, 0.1) is 11.3 Å². The predicted octanol–water partition coefficient (Wildman–Crippen LogP) is 3.61. The van der Waals surface area contributed by atoms with Crippen LogP contribution in [0.25, 0.3) is 0 Å². The summed E-state index contributed by atoms with van der Waals surface area (Å²) in [6.07, 6.45) is 4.86. The summed E-state index contributed by atoms with van der Waals surface area (Å²) in [7, 11) is -3.22. The normalized spacial score (nSPS) is 11.2. The third kappa shape index (κ3) is 5.49. The van der Waals surface area contributed by atoms with Gasteiger partial charge in [-0.1, -0.05) is 37.6 Å². The molecule has 128 valence electrons. The highest BCUT2D eigenvalue weighted by molar-refractivity contribution is 7.90. The molecule has 2 aromatic rings. The van der Waals surface area contributed by atoms with Crippen molar-refractivity contribution >= 4 is 21.4 Å². The Labute approximate surface area is 143 Å². The fraction of sp³-hybridized carbons (Fsp3) is 0.316. The fourth-order valence-corrected chi connectivity index (χ4v) is 3.01. The molecule has 0 unspecified atom stereocenters. The molecule has 0 fully saturated rings. The van der Waals surface area contributed by atoms with Gasteiger partial charge in [-0.05, 0) is 48.2 Å². The number of hydrogen-bond acceptors (Lipinski definition) is 3. The molecule has 2 rings (SSSR count). The van der Waals surface area contributed by atoms with E-state index in [1.807, 2.05) is 12.1 Å². The van der Waals surface area contributed by atoms with Crippen LogP contribution in [0, 0.1) is 0 Å². The van der Waals surface area contributed by atoms with Crippen LogP contribution in [0.2, 0.25) is 0 Å². The van der Waals surface area contributed by atoms with Crippen molar-refractivity contribution in [2.45, 2.75) is 37.5 Å². The standard InChI is InChI=1S/C19H23NO3S/c1-3-4-5-15-6-8-16(9-7-15)14-19(21)20-17-10-12-18(13-11-17)24(2,22)23/h6-13H,3-5,14H2,1-2H3,(H,20,21). The first kappa shape index (κ1) is 18.2. The van der Waals surface area contributed by atoms with E-state index in [0.717, 1.165) is 18.2 Å². The molecule has 0 radical (unpaired) electrons. The van der Waals surface area contributed by atoms with Crippen molar-refractivity contribution in [2.24, 2.45) is 0 Å². The van der Waals surface area contributed by atoms with E-state index in [-0.39, 0.29) is 10.8 Å². The number of hydrogen-bond donors (Lipinski definition) is 1. The maximum Gasteiger partial charge on any atom is 0.228 e. The van der Waals surface area contributed by atoms with Gasteiger partial charge in [0.2, 0.25) is 5.91 Å². The quantitative estimate of drug-likeness (QED) is 0.834. The molecule has 0 aliphatic carbocycles. The number of rotatable bonds is 7. The summed E-state index contributed by atoms with van der Waals surface area (Å²) in [6, 6.07) is 14.3. The highest BCUT2D eigenvalue weighted by Crippen LogP contribution is 2.14. The van der Waals surface area contributed by atoms with Gasteiger partial charge >= 0.3 is 0 Å². The molecular weight excluding hydrogens is 322 g/mol. The second-order valence-corrected chi connectivity index (χ2v) is 7.96. The zero-order valence-electron chi connectivity index (χ0n) is 14.1. The molecule has 4 nitrogen and oxygen atoms in total. The summed E-state index contributed by atoms with van der Waals surface area (Å²) in [5.41, 5.74) is 2.84. The molecule has 0 heterocycles. The molecule has 0 aliphatic rings. The maximum absolute atomic E-state index is 12.1. The average Bonchev–Trinajstić information content (AvgIpc) is 2.54. The first-order valence-corrected chi connectivity index (χ1v) is 9.95. The largest absolute Gasteiger partial charge is 0.326 e.